The van der Waals surface area contributed by atoms with E-state index in [1.165, 1.54) is 17.5 Å². The standard InChI is InChI=1S/C18H21BrN2/c1-2-9-20-17(18-16(19)8-5-10-21-18)12-14-11-13-6-3-4-7-15(13)14/h3-8,10,14,17,20H,2,9,11-12H2,1H3. The monoisotopic (exact) mass is 344 g/mol. The molecule has 2 aromatic rings. The molecule has 1 N–H and O–H groups in total. The number of pyridine rings is 1. The van der Waals surface area contributed by atoms with Gasteiger partial charge in [-0.2, -0.15) is 0 Å². The summed E-state index contributed by atoms with van der Waals surface area (Å²) in [6, 6.07) is 13.2. The highest BCUT2D eigenvalue weighted by atomic mass is 79.9. The van der Waals surface area contributed by atoms with Crippen molar-refractivity contribution in [2.75, 3.05) is 6.54 Å². The fraction of sp³-hybridized carbons (Fsp3) is 0.389. The molecule has 1 aliphatic rings. The van der Waals surface area contributed by atoms with Crippen molar-refractivity contribution in [3.05, 3.63) is 63.9 Å². The van der Waals surface area contributed by atoms with Gasteiger partial charge in [-0.25, -0.2) is 0 Å². The summed E-state index contributed by atoms with van der Waals surface area (Å²) < 4.78 is 1.10. The number of halogens is 1. The highest BCUT2D eigenvalue weighted by molar-refractivity contribution is 9.10. The summed E-state index contributed by atoms with van der Waals surface area (Å²) in [7, 11) is 0. The molecule has 0 fully saturated rings. The van der Waals surface area contributed by atoms with E-state index in [0.717, 1.165) is 29.6 Å². The molecule has 0 saturated heterocycles. The van der Waals surface area contributed by atoms with Crippen LogP contribution < -0.4 is 5.32 Å². The molecule has 1 aliphatic carbocycles. The van der Waals surface area contributed by atoms with Crippen LogP contribution in [-0.4, -0.2) is 11.5 Å². The van der Waals surface area contributed by atoms with Crippen molar-refractivity contribution in [3.8, 4) is 0 Å². The van der Waals surface area contributed by atoms with E-state index < -0.39 is 0 Å². The minimum atomic E-state index is 0.318. The summed E-state index contributed by atoms with van der Waals surface area (Å²) in [6.07, 6.45) is 5.34. The second kappa shape index (κ2) is 6.71. The summed E-state index contributed by atoms with van der Waals surface area (Å²) in [5, 5.41) is 3.66. The molecule has 0 radical (unpaired) electrons. The predicted molar refractivity (Wildman–Crippen MR) is 90.5 cm³/mol. The molecule has 3 rings (SSSR count). The molecule has 3 heteroatoms. The zero-order chi connectivity index (χ0) is 14.7. The van der Waals surface area contributed by atoms with Gasteiger partial charge in [0.15, 0.2) is 0 Å². The Morgan fingerprint density at radius 3 is 2.90 bits per heavy atom. The molecular weight excluding hydrogens is 324 g/mol. The second-order valence-electron chi connectivity index (χ2n) is 5.71. The van der Waals surface area contributed by atoms with Crippen molar-refractivity contribution in [3.63, 3.8) is 0 Å². The van der Waals surface area contributed by atoms with Gasteiger partial charge in [0.1, 0.15) is 0 Å². The topological polar surface area (TPSA) is 24.9 Å². The second-order valence-corrected chi connectivity index (χ2v) is 6.57. The lowest BCUT2D eigenvalue weighted by Gasteiger charge is -2.33. The Kier molecular flexibility index (Phi) is 4.71. The van der Waals surface area contributed by atoms with Crippen LogP contribution in [0.5, 0.6) is 0 Å². The molecule has 0 saturated carbocycles. The SMILES string of the molecule is CCCNC(CC1Cc2ccccc21)c1ncccc1Br. The van der Waals surface area contributed by atoms with E-state index in [9.17, 15) is 0 Å². The smallest absolute Gasteiger partial charge is 0.0715 e. The van der Waals surface area contributed by atoms with Crippen LogP contribution in [0.4, 0.5) is 0 Å². The van der Waals surface area contributed by atoms with Crippen LogP contribution in [0.1, 0.15) is 48.5 Å². The molecule has 1 aromatic heterocycles. The van der Waals surface area contributed by atoms with Crippen molar-refractivity contribution < 1.29 is 0 Å². The molecule has 110 valence electrons. The molecule has 21 heavy (non-hydrogen) atoms. The molecule has 0 bridgehead atoms. The number of nitrogens with one attached hydrogen (secondary N) is 1. The van der Waals surface area contributed by atoms with Gasteiger partial charge in [0, 0.05) is 10.7 Å². The van der Waals surface area contributed by atoms with Crippen molar-refractivity contribution in [1.82, 2.24) is 10.3 Å². The first-order chi connectivity index (χ1) is 10.3. The van der Waals surface area contributed by atoms with Crippen LogP contribution >= 0.6 is 15.9 Å². The van der Waals surface area contributed by atoms with E-state index >= 15 is 0 Å². The van der Waals surface area contributed by atoms with Crippen LogP contribution in [0.15, 0.2) is 47.1 Å². The van der Waals surface area contributed by atoms with E-state index in [1.54, 1.807) is 0 Å². The van der Waals surface area contributed by atoms with Gasteiger partial charge in [-0.1, -0.05) is 31.2 Å². The molecule has 2 atom stereocenters. The number of hydrogen-bond donors (Lipinski definition) is 1. The van der Waals surface area contributed by atoms with Gasteiger partial charge >= 0.3 is 0 Å². The zero-order valence-electron chi connectivity index (χ0n) is 12.3. The maximum Gasteiger partial charge on any atom is 0.0715 e. The fourth-order valence-corrected chi connectivity index (χ4v) is 3.65. The van der Waals surface area contributed by atoms with Gasteiger partial charge in [-0.05, 0) is 70.9 Å². The summed E-state index contributed by atoms with van der Waals surface area (Å²) >= 11 is 3.65. The minimum Gasteiger partial charge on any atom is -0.309 e. The highest BCUT2D eigenvalue weighted by Gasteiger charge is 2.29. The molecule has 1 heterocycles. The largest absolute Gasteiger partial charge is 0.309 e. The van der Waals surface area contributed by atoms with E-state index in [1.807, 2.05) is 12.3 Å². The number of nitrogens with zero attached hydrogens (tertiary/aromatic N) is 1. The Morgan fingerprint density at radius 1 is 1.29 bits per heavy atom. The third-order valence-corrected chi connectivity index (χ3v) is 4.91. The Hall–Kier alpha value is -1.19. The lowest BCUT2D eigenvalue weighted by molar-refractivity contribution is 0.420. The first-order valence-electron chi connectivity index (χ1n) is 7.71. The number of rotatable bonds is 6. The number of benzene rings is 1. The Morgan fingerprint density at radius 2 is 2.14 bits per heavy atom. The number of hydrogen-bond acceptors (Lipinski definition) is 2. The van der Waals surface area contributed by atoms with Crippen LogP contribution in [-0.2, 0) is 6.42 Å². The Bertz CT molecular complexity index is 612. The van der Waals surface area contributed by atoms with Crippen molar-refractivity contribution in [2.45, 2.75) is 38.1 Å². The van der Waals surface area contributed by atoms with Crippen molar-refractivity contribution >= 4 is 15.9 Å². The summed E-state index contributed by atoms with van der Waals surface area (Å²) in [5.74, 6) is 0.657. The van der Waals surface area contributed by atoms with Gasteiger partial charge in [0.05, 0.1) is 11.7 Å². The molecule has 0 aliphatic heterocycles. The van der Waals surface area contributed by atoms with Crippen LogP contribution in [0, 0.1) is 0 Å². The van der Waals surface area contributed by atoms with Gasteiger partial charge in [0.25, 0.3) is 0 Å². The van der Waals surface area contributed by atoms with Crippen molar-refractivity contribution in [1.29, 1.82) is 0 Å². The fourth-order valence-electron chi connectivity index (χ4n) is 3.12. The maximum atomic E-state index is 4.59. The van der Waals surface area contributed by atoms with Gasteiger partial charge in [-0.15, -0.1) is 0 Å². The minimum absolute atomic E-state index is 0.318. The highest BCUT2D eigenvalue weighted by Crippen LogP contribution is 2.41. The van der Waals surface area contributed by atoms with Crippen LogP contribution in [0.2, 0.25) is 0 Å². The van der Waals surface area contributed by atoms with Gasteiger partial charge in [0.2, 0.25) is 0 Å². The van der Waals surface area contributed by atoms with Crippen LogP contribution in [0.25, 0.3) is 0 Å². The third kappa shape index (κ3) is 3.19. The molecule has 1 aromatic carbocycles. The molecular formula is C18H21BrN2. The Labute approximate surface area is 135 Å². The quantitative estimate of drug-likeness (QED) is 0.827. The van der Waals surface area contributed by atoms with E-state index in [4.69, 9.17) is 0 Å². The normalized spacial score (nSPS) is 17.9. The van der Waals surface area contributed by atoms with E-state index in [-0.39, 0.29) is 0 Å². The van der Waals surface area contributed by atoms with Crippen LogP contribution in [0.3, 0.4) is 0 Å². The molecule has 0 spiro atoms. The molecule has 2 nitrogen and oxygen atoms in total. The van der Waals surface area contributed by atoms with E-state index in [0.29, 0.717) is 12.0 Å². The Balaban J connectivity index is 1.77. The lowest BCUT2D eigenvalue weighted by Crippen LogP contribution is -2.28. The summed E-state index contributed by atoms with van der Waals surface area (Å²) in [6.45, 7) is 3.23. The predicted octanol–water partition coefficient (Wildman–Crippen LogP) is 4.61. The van der Waals surface area contributed by atoms with Gasteiger partial charge < -0.3 is 5.32 Å². The van der Waals surface area contributed by atoms with Gasteiger partial charge in [-0.3, -0.25) is 4.98 Å². The van der Waals surface area contributed by atoms with E-state index in [2.05, 4.69) is 63.5 Å². The first kappa shape index (κ1) is 14.7. The molecule has 0 amide bonds. The molecule has 2 unspecified atom stereocenters. The average Bonchev–Trinajstić information content (AvgIpc) is 2.49. The zero-order valence-corrected chi connectivity index (χ0v) is 13.9. The number of fused-ring (bicyclic) bond motifs is 1. The van der Waals surface area contributed by atoms with Crippen molar-refractivity contribution in [2.24, 2.45) is 0 Å². The lowest BCUT2D eigenvalue weighted by atomic mass is 9.74. The average molecular weight is 345 g/mol. The summed E-state index contributed by atoms with van der Waals surface area (Å²) in [4.78, 5) is 4.59. The first-order valence-corrected chi connectivity index (χ1v) is 8.50. The summed E-state index contributed by atoms with van der Waals surface area (Å²) in [5.41, 5.74) is 4.17. The number of aromatic nitrogens is 1. The third-order valence-electron chi connectivity index (χ3n) is 4.24. The maximum absolute atomic E-state index is 4.59.